The lowest BCUT2D eigenvalue weighted by atomic mass is 10.0. The Kier molecular flexibility index (Phi) is 5.41. The number of rotatable bonds is 4. The van der Waals surface area contributed by atoms with Gasteiger partial charge in [-0.05, 0) is 30.9 Å². The number of amides is 2. The van der Waals surface area contributed by atoms with Crippen LogP contribution in [0.1, 0.15) is 43.5 Å². The third-order valence-corrected chi connectivity index (χ3v) is 3.97. The molecule has 0 spiro atoms. The van der Waals surface area contributed by atoms with E-state index in [0.29, 0.717) is 36.7 Å². The maximum Gasteiger partial charge on any atom is 0.253 e. The van der Waals surface area contributed by atoms with Gasteiger partial charge in [-0.1, -0.05) is 26.0 Å². The first-order chi connectivity index (χ1) is 10.5. The SMILES string of the molecule is CC(C)CC(=O)N1CCC(NC(=O)c2ccccc2N)CC1. The Morgan fingerprint density at radius 3 is 2.50 bits per heavy atom. The van der Waals surface area contributed by atoms with Gasteiger partial charge in [-0.25, -0.2) is 0 Å². The van der Waals surface area contributed by atoms with E-state index in [2.05, 4.69) is 19.2 Å². The Morgan fingerprint density at radius 2 is 1.91 bits per heavy atom. The highest BCUT2D eigenvalue weighted by molar-refractivity contribution is 5.99. The van der Waals surface area contributed by atoms with Gasteiger partial charge in [-0.2, -0.15) is 0 Å². The number of anilines is 1. The van der Waals surface area contributed by atoms with Crippen LogP contribution in [0.25, 0.3) is 0 Å². The second kappa shape index (κ2) is 7.29. The number of hydrogen-bond donors (Lipinski definition) is 2. The third kappa shape index (κ3) is 4.23. The van der Waals surface area contributed by atoms with E-state index in [1.165, 1.54) is 0 Å². The third-order valence-electron chi connectivity index (χ3n) is 3.97. The lowest BCUT2D eigenvalue weighted by Gasteiger charge is -2.33. The first kappa shape index (κ1) is 16.3. The number of nitrogens with zero attached hydrogens (tertiary/aromatic N) is 1. The van der Waals surface area contributed by atoms with Crippen LogP contribution in [0, 0.1) is 5.92 Å². The summed E-state index contributed by atoms with van der Waals surface area (Å²) < 4.78 is 0. The molecular weight excluding hydrogens is 278 g/mol. The largest absolute Gasteiger partial charge is 0.398 e. The highest BCUT2D eigenvalue weighted by Gasteiger charge is 2.24. The number of benzene rings is 1. The van der Waals surface area contributed by atoms with E-state index in [-0.39, 0.29) is 17.9 Å². The zero-order valence-corrected chi connectivity index (χ0v) is 13.3. The van der Waals surface area contributed by atoms with Crippen LogP contribution in [-0.4, -0.2) is 35.8 Å². The molecule has 0 atom stereocenters. The highest BCUT2D eigenvalue weighted by Crippen LogP contribution is 2.15. The molecule has 0 radical (unpaired) electrons. The predicted octanol–water partition coefficient (Wildman–Crippen LogP) is 2.04. The number of para-hydroxylation sites is 1. The van der Waals surface area contributed by atoms with Crippen molar-refractivity contribution in [1.82, 2.24) is 10.2 Å². The molecule has 5 nitrogen and oxygen atoms in total. The Labute approximate surface area is 131 Å². The number of nitrogens with one attached hydrogen (secondary N) is 1. The summed E-state index contributed by atoms with van der Waals surface area (Å²) in [6, 6.07) is 7.17. The van der Waals surface area contributed by atoms with E-state index in [1.807, 2.05) is 11.0 Å². The molecule has 1 aromatic carbocycles. The molecule has 0 aliphatic carbocycles. The molecule has 0 unspecified atom stereocenters. The molecule has 5 heteroatoms. The first-order valence-corrected chi connectivity index (χ1v) is 7.90. The first-order valence-electron chi connectivity index (χ1n) is 7.90. The van der Waals surface area contributed by atoms with Gasteiger partial charge in [-0.3, -0.25) is 9.59 Å². The van der Waals surface area contributed by atoms with Crippen molar-refractivity contribution in [3.8, 4) is 0 Å². The van der Waals surface area contributed by atoms with Crippen LogP contribution in [0.15, 0.2) is 24.3 Å². The average molecular weight is 303 g/mol. The number of piperidine rings is 1. The Morgan fingerprint density at radius 1 is 1.27 bits per heavy atom. The minimum atomic E-state index is -0.134. The molecule has 0 aromatic heterocycles. The van der Waals surface area contributed by atoms with Crippen molar-refractivity contribution in [1.29, 1.82) is 0 Å². The quantitative estimate of drug-likeness (QED) is 0.836. The standard InChI is InChI=1S/C17H25N3O2/c1-12(2)11-16(21)20-9-7-13(8-10-20)19-17(22)14-5-3-4-6-15(14)18/h3-6,12-13H,7-11,18H2,1-2H3,(H,19,22). The Bertz CT molecular complexity index is 534. The molecule has 1 fully saturated rings. The van der Waals surface area contributed by atoms with Gasteiger partial charge in [0.1, 0.15) is 0 Å². The van der Waals surface area contributed by atoms with Crippen molar-refractivity contribution < 1.29 is 9.59 Å². The molecule has 1 aliphatic rings. The van der Waals surface area contributed by atoms with Gasteiger partial charge < -0.3 is 16.0 Å². The van der Waals surface area contributed by atoms with Gasteiger partial charge >= 0.3 is 0 Å². The molecule has 120 valence electrons. The summed E-state index contributed by atoms with van der Waals surface area (Å²) in [5.74, 6) is 0.461. The van der Waals surface area contributed by atoms with E-state index in [4.69, 9.17) is 5.73 Å². The van der Waals surface area contributed by atoms with Crippen molar-refractivity contribution in [2.24, 2.45) is 5.92 Å². The van der Waals surface area contributed by atoms with Crippen molar-refractivity contribution in [3.63, 3.8) is 0 Å². The zero-order chi connectivity index (χ0) is 16.1. The smallest absolute Gasteiger partial charge is 0.253 e. The molecule has 0 saturated carbocycles. The number of carbonyl (C=O) groups is 2. The van der Waals surface area contributed by atoms with E-state index in [1.54, 1.807) is 18.2 Å². The second-order valence-electron chi connectivity index (χ2n) is 6.31. The van der Waals surface area contributed by atoms with E-state index >= 15 is 0 Å². The van der Waals surface area contributed by atoms with Gasteiger partial charge in [0, 0.05) is 31.2 Å². The van der Waals surface area contributed by atoms with Crippen LogP contribution < -0.4 is 11.1 Å². The fourth-order valence-electron chi connectivity index (χ4n) is 2.72. The molecule has 1 aromatic rings. The molecule has 1 heterocycles. The summed E-state index contributed by atoms with van der Waals surface area (Å²) in [7, 11) is 0. The van der Waals surface area contributed by atoms with Crippen molar-refractivity contribution in [2.75, 3.05) is 18.8 Å². The summed E-state index contributed by atoms with van der Waals surface area (Å²) in [4.78, 5) is 26.2. The van der Waals surface area contributed by atoms with Gasteiger partial charge in [0.15, 0.2) is 0 Å². The van der Waals surface area contributed by atoms with E-state index in [0.717, 1.165) is 12.8 Å². The summed E-state index contributed by atoms with van der Waals surface area (Å²) >= 11 is 0. The molecule has 0 bridgehead atoms. The van der Waals surface area contributed by atoms with Crippen molar-refractivity contribution >= 4 is 17.5 Å². The van der Waals surface area contributed by atoms with Crippen molar-refractivity contribution in [3.05, 3.63) is 29.8 Å². The maximum atomic E-state index is 12.2. The lowest BCUT2D eigenvalue weighted by Crippen LogP contribution is -2.46. The fraction of sp³-hybridized carbons (Fsp3) is 0.529. The number of nitrogen functional groups attached to an aromatic ring is 1. The number of carbonyl (C=O) groups excluding carboxylic acids is 2. The summed E-state index contributed by atoms with van der Waals surface area (Å²) in [6.45, 7) is 5.52. The van der Waals surface area contributed by atoms with Crippen LogP contribution in [0.2, 0.25) is 0 Å². The van der Waals surface area contributed by atoms with Gasteiger partial charge in [0.05, 0.1) is 5.56 Å². The fourth-order valence-corrected chi connectivity index (χ4v) is 2.72. The van der Waals surface area contributed by atoms with Crippen molar-refractivity contribution in [2.45, 2.75) is 39.2 Å². The lowest BCUT2D eigenvalue weighted by molar-refractivity contribution is -0.133. The predicted molar refractivity (Wildman–Crippen MR) is 87.4 cm³/mol. The maximum absolute atomic E-state index is 12.2. The summed E-state index contributed by atoms with van der Waals surface area (Å²) in [6.07, 6.45) is 2.18. The summed E-state index contributed by atoms with van der Waals surface area (Å²) in [5.41, 5.74) is 6.83. The number of nitrogens with two attached hydrogens (primary N) is 1. The van der Waals surface area contributed by atoms with Gasteiger partial charge in [0.25, 0.3) is 5.91 Å². The van der Waals surface area contributed by atoms with Crippen LogP contribution in [0.3, 0.4) is 0 Å². The van der Waals surface area contributed by atoms with E-state index in [9.17, 15) is 9.59 Å². The molecule has 2 rings (SSSR count). The molecule has 3 N–H and O–H groups in total. The van der Waals surface area contributed by atoms with Crippen LogP contribution in [-0.2, 0) is 4.79 Å². The summed E-state index contributed by atoms with van der Waals surface area (Å²) in [5, 5.41) is 3.02. The molecule has 22 heavy (non-hydrogen) atoms. The minimum absolute atomic E-state index is 0.107. The topological polar surface area (TPSA) is 75.4 Å². The average Bonchev–Trinajstić information content (AvgIpc) is 2.47. The van der Waals surface area contributed by atoms with Crippen LogP contribution in [0.5, 0.6) is 0 Å². The molecule has 1 saturated heterocycles. The zero-order valence-electron chi connectivity index (χ0n) is 13.3. The highest BCUT2D eigenvalue weighted by atomic mass is 16.2. The normalized spacial score (nSPS) is 15.9. The Hall–Kier alpha value is -2.04. The second-order valence-corrected chi connectivity index (χ2v) is 6.31. The monoisotopic (exact) mass is 303 g/mol. The Balaban J connectivity index is 1.84. The molecule has 2 amide bonds. The molecular formula is C17H25N3O2. The molecule has 1 aliphatic heterocycles. The number of likely N-dealkylation sites (tertiary alicyclic amines) is 1. The van der Waals surface area contributed by atoms with E-state index < -0.39 is 0 Å². The van der Waals surface area contributed by atoms with Crippen LogP contribution >= 0.6 is 0 Å². The van der Waals surface area contributed by atoms with Gasteiger partial charge in [0.2, 0.25) is 5.91 Å². The minimum Gasteiger partial charge on any atom is -0.398 e. The van der Waals surface area contributed by atoms with Crippen LogP contribution in [0.4, 0.5) is 5.69 Å². The number of hydrogen-bond acceptors (Lipinski definition) is 3. The van der Waals surface area contributed by atoms with Gasteiger partial charge in [-0.15, -0.1) is 0 Å².